The molecule has 1 N–H and O–H groups in total. The van der Waals surface area contributed by atoms with E-state index >= 15 is 0 Å². The van der Waals surface area contributed by atoms with Gasteiger partial charge in [-0.05, 0) is 49.6 Å². The van der Waals surface area contributed by atoms with E-state index in [0.29, 0.717) is 5.56 Å². The van der Waals surface area contributed by atoms with Gasteiger partial charge in [0, 0.05) is 12.1 Å². The van der Waals surface area contributed by atoms with Gasteiger partial charge in [0.1, 0.15) is 11.6 Å². The van der Waals surface area contributed by atoms with Crippen LogP contribution in [0.3, 0.4) is 0 Å². The van der Waals surface area contributed by atoms with Crippen molar-refractivity contribution in [3.63, 3.8) is 0 Å². The number of hydrogen-bond donors (Lipinski definition) is 1. The van der Waals surface area contributed by atoms with Gasteiger partial charge in [-0.15, -0.1) is 0 Å². The first-order valence-electron chi connectivity index (χ1n) is 5.32. The van der Waals surface area contributed by atoms with Gasteiger partial charge >= 0.3 is 0 Å². The Balaban J connectivity index is 2.48. The number of hydrogen-bond acceptors (Lipinski definition) is 2. The van der Waals surface area contributed by atoms with E-state index in [1.807, 2.05) is 6.92 Å². The lowest BCUT2D eigenvalue weighted by molar-refractivity contribution is 0.545. The Morgan fingerprint density at radius 3 is 2.44 bits per heavy atom. The molecule has 0 aromatic heterocycles. The molecule has 90 valence electrons. The first-order valence-corrected chi connectivity index (χ1v) is 6.71. The normalized spacial score (nSPS) is 12.8. The van der Waals surface area contributed by atoms with Crippen LogP contribution in [0.25, 0.3) is 0 Å². The fraction of sp³-hybridized carbons (Fsp3) is 0.500. The van der Waals surface area contributed by atoms with Gasteiger partial charge in [-0.1, -0.05) is 0 Å². The number of thioether (sulfide) groups is 1. The Morgan fingerprint density at radius 1 is 1.25 bits per heavy atom. The molecule has 0 saturated carbocycles. The Bertz CT molecular complexity index is 311. The molecule has 0 aliphatic carbocycles. The predicted octanol–water partition coefficient (Wildman–Crippen LogP) is 3.37. The Hall–Kier alpha value is -0.610. The number of nitrogens with one attached hydrogen (secondary N) is 1. The third-order valence-electron chi connectivity index (χ3n) is 2.36. The summed E-state index contributed by atoms with van der Waals surface area (Å²) in [6, 6.07) is 3.61. The number of halogens is 2. The van der Waals surface area contributed by atoms with Gasteiger partial charge in [0.15, 0.2) is 0 Å². The summed E-state index contributed by atoms with van der Waals surface area (Å²) in [7, 11) is 0. The van der Waals surface area contributed by atoms with E-state index in [0.717, 1.165) is 24.8 Å². The lowest BCUT2D eigenvalue weighted by atomic mass is 10.1. The molecular weight excluding hydrogens is 228 g/mol. The molecule has 0 aliphatic rings. The smallest absolute Gasteiger partial charge is 0.126 e. The second-order valence-electron chi connectivity index (χ2n) is 3.72. The highest BCUT2D eigenvalue weighted by molar-refractivity contribution is 7.98. The summed E-state index contributed by atoms with van der Waals surface area (Å²) < 4.78 is 25.9. The van der Waals surface area contributed by atoms with Crippen molar-refractivity contribution in [1.82, 2.24) is 5.32 Å². The van der Waals surface area contributed by atoms with E-state index in [9.17, 15) is 8.78 Å². The fourth-order valence-electron chi connectivity index (χ4n) is 1.48. The standard InChI is InChI=1S/C12H17F2NS/c1-9(15-4-3-5-16-2)10-6-11(13)8-12(14)7-10/h6-9,15H,3-5H2,1-2H3. The molecule has 1 aromatic rings. The summed E-state index contributed by atoms with van der Waals surface area (Å²) in [4.78, 5) is 0. The minimum atomic E-state index is -0.521. The maximum absolute atomic E-state index is 13.0. The molecule has 0 fully saturated rings. The van der Waals surface area contributed by atoms with Crippen molar-refractivity contribution >= 4 is 11.8 Å². The Labute approximate surface area is 99.6 Å². The molecule has 1 aromatic carbocycles. The largest absolute Gasteiger partial charge is 0.310 e. The molecule has 0 bridgehead atoms. The lowest BCUT2D eigenvalue weighted by Crippen LogP contribution is -2.20. The van der Waals surface area contributed by atoms with E-state index in [1.54, 1.807) is 11.8 Å². The van der Waals surface area contributed by atoms with Gasteiger partial charge in [0.2, 0.25) is 0 Å². The molecule has 4 heteroatoms. The molecule has 1 unspecified atom stereocenters. The zero-order valence-corrected chi connectivity index (χ0v) is 10.4. The van der Waals surface area contributed by atoms with Gasteiger partial charge in [-0.25, -0.2) is 8.78 Å². The molecule has 1 nitrogen and oxygen atoms in total. The van der Waals surface area contributed by atoms with Gasteiger partial charge < -0.3 is 5.32 Å². The molecule has 0 aliphatic heterocycles. The third-order valence-corrected chi connectivity index (χ3v) is 3.06. The van der Waals surface area contributed by atoms with Crippen molar-refractivity contribution in [3.8, 4) is 0 Å². The van der Waals surface area contributed by atoms with E-state index in [1.165, 1.54) is 12.1 Å². The molecule has 0 heterocycles. The summed E-state index contributed by atoms with van der Waals surface area (Å²) in [6.07, 6.45) is 3.12. The van der Waals surface area contributed by atoms with Crippen LogP contribution in [0.15, 0.2) is 18.2 Å². The Morgan fingerprint density at radius 2 is 1.88 bits per heavy atom. The zero-order chi connectivity index (χ0) is 12.0. The van der Waals surface area contributed by atoms with Crippen molar-refractivity contribution in [1.29, 1.82) is 0 Å². The number of benzene rings is 1. The lowest BCUT2D eigenvalue weighted by Gasteiger charge is -2.14. The summed E-state index contributed by atoms with van der Waals surface area (Å²) in [5.41, 5.74) is 0.654. The SMILES string of the molecule is CSCCCNC(C)c1cc(F)cc(F)c1. The molecule has 1 atom stereocenters. The van der Waals surface area contributed by atoms with E-state index < -0.39 is 11.6 Å². The average Bonchev–Trinajstić information content (AvgIpc) is 2.22. The van der Waals surface area contributed by atoms with Crippen LogP contribution < -0.4 is 5.32 Å². The van der Waals surface area contributed by atoms with Crippen LogP contribution in [0.4, 0.5) is 8.78 Å². The van der Waals surface area contributed by atoms with Crippen molar-refractivity contribution in [2.75, 3.05) is 18.6 Å². The summed E-state index contributed by atoms with van der Waals surface area (Å²) in [5.74, 6) is 0.0533. The summed E-state index contributed by atoms with van der Waals surface area (Å²) >= 11 is 1.79. The van der Waals surface area contributed by atoms with Gasteiger partial charge in [0.25, 0.3) is 0 Å². The van der Waals surface area contributed by atoms with Crippen LogP contribution in [0, 0.1) is 11.6 Å². The first-order chi connectivity index (χ1) is 7.63. The highest BCUT2D eigenvalue weighted by atomic mass is 32.2. The third kappa shape index (κ3) is 4.49. The summed E-state index contributed by atoms with van der Waals surface area (Å²) in [5, 5.41) is 3.24. The van der Waals surface area contributed by atoms with E-state index in [2.05, 4.69) is 11.6 Å². The van der Waals surface area contributed by atoms with Crippen molar-refractivity contribution < 1.29 is 8.78 Å². The van der Waals surface area contributed by atoms with Crippen molar-refractivity contribution in [2.45, 2.75) is 19.4 Å². The quantitative estimate of drug-likeness (QED) is 0.771. The molecule has 0 radical (unpaired) electrons. The number of rotatable bonds is 6. The molecule has 0 amide bonds. The maximum Gasteiger partial charge on any atom is 0.126 e. The first kappa shape index (κ1) is 13.5. The zero-order valence-electron chi connectivity index (χ0n) is 9.59. The highest BCUT2D eigenvalue weighted by Crippen LogP contribution is 2.15. The highest BCUT2D eigenvalue weighted by Gasteiger charge is 2.07. The predicted molar refractivity (Wildman–Crippen MR) is 65.8 cm³/mol. The van der Waals surface area contributed by atoms with E-state index in [-0.39, 0.29) is 6.04 Å². The molecule has 1 rings (SSSR count). The van der Waals surface area contributed by atoms with Crippen LogP contribution in [0.5, 0.6) is 0 Å². The fourth-order valence-corrected chi connectivity index (χ4v) is 1.91. The Kier molecular flexibility index (Phi) is 5.77. The second kappa shape index (κ2) is 6.86. The van der Waals surface area contributed by atoms with Crippen LogP contribution in [0.1, 0.15) is 24.9 Å². The summed E-state index contributed by atoms with van der Waals surface area (Å²) in [6.45, 7) is 2.77. The molecule has 0 spiro atoms. The van der Waals surface area contributed by atoms with Crippen LogP contribution in [0.2, 0.25) is 0 Å². The molecule has 16 heavy (non-hydrogen) atoms. The van der Waals surface area contributed by atoms with Crippen LogP contribution in [-0.2, 0) is 0 Å². The van der Waals surface area contributed by atoms with Crippen LogP contribution in [-0.4, -0.2) is 18.6 Å². The average molecular weight is 245 g/mol. The topological polar surface area (TPSA) is 12.0 Å². The molecular formula is C12H17F2NS. The van der Waals surface area contributed by atoms with Crippen molar-refractivity contribution in [3.05, 3.63) is 35.4 Å². The van der Waals surface area contributed by atoms with Crippen LogP contribution >= 0.6 is 11.8 Å². The van der Waals surface area contributed by atoms with Gasteiger partial charge in [0.05, 0.1) is 0 Å². The maximum atomic E-state index is 13.0. The monoisotopic (exact) mass is 245 g/mol. The minimum Gasteiger partial charge on any atom is -0.310 e. The van der Waals surface area contributed by atoms with Gasteiger partial charge in [-0.2, -0.15) is 11.8 Å². The second-order valence-corrected chi connectivity index (χ2v) is 4.71. The molecule has 0 saturated heterocycles. The van der Waals surface area contributed by atoms with Gasteiger partial charge in [-0.3, -0.25) is 0 Å². The van der Waals surface area contributed by atoms with Crippen molar-refractivity contribution in [2.24, 2.45) is 0 Å². The van der Waals surface area contributed by atoms with E-state index in [4.69, 9.17) is 0 Å². The minimum absolute atomic E-state index is 0.0212.